The Kier molecular flexibility index (Phi) is 4.51. The van der Waals surface area contributed by atoms with Crippen LogP contribution in [0.15, 0.2) is 10.1 Å². The van der Waals surface area contributed by atoms with E-state index in [2.05, 4.69) is 21.7 Å². The van der Waals surface area contributed by atoms with Crippen molar-refractivity contribution < 1.29 is 4.84 Å². The van der Waals surface area contributed by atoms with E-state index in [-0.39, 0.29) is 0 Å². The van der Waals surface area contributed by atoms with Crippen LogP contribution in [-0.2, 0) is 4.84 Å². The predicted molar refractivity (Wildman–Crippen MR) is 29.7 cm³/mol. The van der Waals surface area contributed by atoms with Crippen LogP contribution in [0.1, 0.15) is 6.92 Å². The van der Waals surface area contributed by atoms with Gasteiger partial charge in [-0.3, -0.25) is 4.99 Å². The Bertz CT molecular complexity index is 70.1. The molecule has 0 amide bonds. The second-order valence-electron chi connectivity index (χ2n) is 0.839. The number of rotatable bonds is 3. The zero-order valence-electron chi connectivity index (χ0n) is 4.29. The second kappa shape index (κ2) is 5.14. The SMILES string of the molecule is C=NOC=NCC. The van der Waals surface area contributed by atoms with Crippen LogP contribution >= 0.6 is 0 Å². The van der Waals surface area contributed by atoms with Crippen LogP contribution < -0.4 is 0 Å². The molecular weight excluding hydrogens is 92.1 g/mol. The van der Waals surface area contributed by atoms with E-state index >= 15 is 0 Å². The second-order valence-corrected chi connectivity index (χ2v) is 0.839. The maximum absolute atomic E-state index is 4.30. The normalized spacial score (nSPS) is 9.29. The Morgan fingerprint density at radius 1 is 1.86 bits per heavy atom. The lowest BCUT2D eigenvalue weighted by molar-refractivity contribution is 0.348. The first-order valence-corrected chi connectivity index (χ1v) is 2.02. The van der Waals surface area contributed by atoms with E-state index in [1.54, 1.807) is 0 Å². The summed E-state index contributed by atoms with van der Waals surface area (Å²) in [5.74, 6) is 0. The fourth-order valence-electron chi connectivity index (χ4n) is 0.141. The first kappa shape index (κ1) is 6.14. The van der Waals surface area contributed by atoms with Gasteiger partial charge in [-0.25, -0.2) is 0 Å². The smallest absolute Gasteiger partial charge is 0.207 e. The molecule has 0 aliphatic carbocycles. The molecule has 7 heavy (non-hydrogen) atoms. The van der Waals surface area contributed by atoms with Gasteiger partial charge in [-0.15, -0.1) is 0 Å². The molecule has 0 heterocycles. The summed E-state index contributed by atoms with van der Waals surface area (Å²) in [6.07, 6.45) is 1.26. The van der Waals surface area contributed by atoms with Gasteiger partial charge in [0.05, 0.1) is 0 Å². The van der Waals surface area contributed by atoms with Crippen LogP contribution in [0.2, 0.25) is 0 Å². The summed E-state index contributed by atoms with van der Waals surface area (Å²) < 4.78 is 0. The van der Waals surface area contributed by atoms with Crippen molar-refractivity contribution in [1.82, 2.24) is 0 Å². The zero-order chi connectivity index (χ0) is 5.54. The van der Waals surface area contributed by atoms with Gasteiger partial charge in [0.15, 0.2) is 0 Å². The van der Waals surface area contributed by atoms with Crippen molar-refractivity contribution in [3.05, 3.63) is 0 Å². The maximum atomic E-state index is 4.30. The van der Waals surface area contributed by atoms with Crippen LogP contribution in [0, 0.1) is 0 Å². The number of hydrogen-bond donors (Lipinski definition) is 0. The predicted octanol–water partition coefficient (Wildman–Crippen LogP) is 0.667. The minimum absolute atomic E-state index is 0.718. The summed E-state index contributed by atoms with van der Waals surface area (Å²) in [4.78, 5) is 7.98. The van der Waals surface area contributed by atoms with Gasteiger partial charge in [0.1, 0.15) is 0 Å². The van der Waals surface area contributed by atoms with Gasteiger partial charge in [-0.1, -0.05) is 5.16 Å². The van der Waals surface area contributed by atoms with Crippen LogP contribution in [0.4, 0.5) is 0 Å². The summed E-state index contributed by atoms with van der Waals surface area (Å²) in [5, 5.41) is 3.07. The summed E-state index contributed by atoms with van der Waals surface area (Å²) in [6.45, 7) is 5.69. The fraction of sp³-hybridized carbons (Fsp3) is 0.500. The summed E-state index contributed by atoms with van der Waals surface area (Å²) in [6, 6.07) is 0. The third-order valence-electron chi connectivity index (χ3n) is 0.379. The molecule has 0 spiro atoms. The third kappa shape index (κ3) is 5.14. The summed E-state index contributed by atoms with van der Waals surface area (Å²) in [7, 11) is 0. The summed E-state index contributed by atoms with van der Waals surface area (Å²) >= 11 is 0. The average molecular weight is 100 g/mol. The molecule has 0 saturated heterocycles. The van der Waals surface area contributed by atoms with E-state index in [0.717, 1.165) is 6.54 Å². The van der Waals surface area contributed by atoms with Crippen molar-refractivity contribution in [2.45, 2.75) is 6.92 Å². The molecule has 0 saturated carbocycles. The van der Waals surface area contributed by atoms with Crippen molar-refractivity contribution in [2.75, 3.05) is 6.54 Å². The van der Waals surface area contributed by atoms with Gasteiger partial charge in [-0.2, -0.15) is 0 Å². The minimum Gasteiger partial charge on any atom is -0.346 e. The lowest BCUT2D eigenvalue weighted by Crippen LogP contribution is -1.75. The highest BCUT2D eigenvalue weighted by Crippen LogP contribution is 1.65. The molecule has 0 N–H and O–H groups in total. The van der Waals surface area contributed by atoms with Gasteiger partial charge in [-0.05, 0) is 6.92 Å². The molecule has 0 rings (SSSR count). The van der Waals surface area contributed by atoms with Crippen molar-refractivity contribution in [3.8, 4) is 0 Å². The van der Waals surface area contributed by atoms with Crippen LogP contribution in [0.5, 0.6) is 0 Å². The van der Waals surface area contributed by atoms with Gasteiger partial charge < -0.3 is 4.84 Å². The topological polar surface area (TPSA) is 34.0 Å². The molecule has 0 bridgehead atoms. The molecule has 0 unspecified atom stereocenters. The lowest BCUT2D eigenvalue weighted by atomic mass is 10.8. The Balaban J connectivity index is 2.92. The van der Waals surface area contributed by atoms with Crippen LogP contribution in [0.3, 0.4) is 0 Å². The fourth-order valence-corrected chi connectivity index (χ4v) is 0.141. The quantitative estimate of drug-likeness (QED) is 0.291. The van der Waals surface area contributed by atoms with Crippen molar-refractivity contribution in [1.29, 1.82) is 0 Å². The zero-order valence-corrected chi connectivity index (χ0v) is 4.29. The van der Waals surface area contributed by atoms with Crippen LogP contribution in [-0.4, -0.2) is 19.7 Å². The largest absolute Gasteiger partial charge is 0.346 e. The van der Waals surface area contributed by atoms with Gasteiger partial charge in [0.25, 0.3) is 0 Å². The Morgan fingerprint density at radius 2 is 2.57 bits per heavy atom. The molecule has 40 valence electrons. The Labute approximate surface area is 42.7 Å². The van der Waals surface area contributed by atoms with E-state index < -0.39 is 0 Å². The van der Waals surface area contributed by atoms with Crippen molar-refractivity contribution >= 4 is 13.1 Å². The number of oxime groups is 1. The minimum atomic E-state index is 0.718. The molecule has 0 aromatic rings. The van der Waals surface area contributed by atoms with Gasteiger partial charge >= 0.3 is 0 Å². The molecule has 0 aliphatic rings. The van der Waals surface area contributed by atoms with E-state index in [4.69, 9.17) is 0 Å². The molecule has 0 atom stereocenters. The summed E-state index contributed by atoms with van der Waals surface area (Å²) in [5.41, 5.74) is 0. The highest BCUT2D eigenvalue weighted by molar-refractivity contribution is 5.46. The van der Waals surface area contributed by atoms with Crippen molar-refractivity contribution in [3.63, 3.8) is 0 Å². The van der Waals surface area contributed by atoms with Crippen molar-refractivity contribution in [2.24, 2.45) is 10.1 Å². The van der Waals surface area contributed by atoms with E-state index in [0.29, 0.717) is 0 Å². The average Bonchev–Trinajstić information content (AvgIpc) is 1.69. The highest BCUT2D eigenvalue weighted by atomic mass is 16.6. The van der Waals surface area contributed by atoms with Gasteiger partial charge in [0.2, 0.25) is 6.40 Å². The molecule has 0 aromatic carbocycles. The molecule has 3 heteroatoms. The number of hydrogen-bond acceptors (Lipinski definition) is 3. The van der Waals surface area contributed by atoms with Crippen LogP contribution in [0.25, 0.3) is 0 Å². The number of aliphatic imine (C=N–C) groups is 1. The third-order valence-corrected chi connectivity index (χ3v) is 0.379. The highest BCUT2D eigenvalue weighted by Gasteiger charge is 1.62. The molecular formula is C4H8N2O. The molecule has 0 radical (unpaired) electrons. The van der Waals surface area contributed by atoms with Gasteiger partial charge in [0, 0.05) is 13.3 Å². The molecule has 3 nitrogen and oxygen atoms in total. The maximum Gasteiger partial charge on any atom is 0.207 e. The van der Waals surface area contributed by atoms with E-state index in [1.807, 2.05) is 6.92 Å². The lowest BCUT2D eigenvalue weighted by Gasteiger charge is -1.79. The molecule has 0 aliphatic heterocycles. The Hall–Kier alpha value is -0.860. The number of nitrogens with zero attached hydrogens (tertiary/aromatic N) is 2. The first-order chi connectivity index (χ1) is 3.41. The van der Waals surface area contributed by atoms with E-state index in [9.17, 15) is 0 Å². The monoisotopic (exact) mass is 100 g/mol. The van der Waals surface area contributed by atoms with E-state index in [1.165, 1.54) is 6.40 Å². The Morgan fingerprint density at radius 3 is 3.00 bits per heavy atom. The first-order valence-electron chi connectivity index (χ1n) is 2.02. The standard InChI is InChI=1S/C4H8N2O/c1-3-6-4-7-5-2/h4H,2-3H2,1H3. The molecule has 0 aromatic heterocycles. The molecule has 0 fully saturated rings.